The Bertz CT molecular complexity index is 33.8. The summed E-state index contributed by atoms with van der Waals surface area (Å²) in [6.07, 6.45) is 0. The molecule has 0 heterocycles. The van der Waals surface area contributed by atoms with Gasteiger partial charge in [0.15, 0.2) is 0 Å². The summed E-state index contributed by atoms with van der Waals surface area (Å²) in [4.78, 5) is 17.0. The van der Waals surface area contributed by atoms with Crippen LogP contribution in [0.25, 0.3) is 0 Å². The third-order valence-electron chi connectivity index (χ3n) is 0. The zero-order chi connectivity index (χ0) is 3.58. The van der Waals surface area contributed by atoms with Gasteiger partial charge in [0, 0.05) is 9.17 Å². The van der Waals surface area contributed by atoms with E-state index in [1.807, 2.05) is 0 Å². The van der Waals surface area contributed by atoms with Crippen molar-refractivity contribution in [1.29, 1.82) is 0 Å². The van der Waals surface area contributed by atoms with Crippen molar-refractivity contribution in [3.63, 3.8) is 0 Å². The molecule has 0 saturated carbocycles. The maximum Gasteiger partial charge on any atom is 2.00 e. The summed E-state index contributed by atoms with van der Waals surface area (Å²) < 4.78 is 8.52. The Morgan fingerprint density at radius 3 is 1.33 bits per heavy atom. The molecule has 0 rings (SSSR count). The number of hydrogen-bond acceptors (Lipinski definition) is 3. The van der Waals surface area contributed by atoms with Crippen LogP contribution in [0.2, 0.25) is 0 Å². The molecular formula is CaO3SiZn+2. The summed E-state index contributed by atoms with van der Waals surface area (Å²) in [5.74, 6) is 0. The molecule has 0 aliphatic rings. The molecule has 0 aliphatic heterocycles. The van der Waals surface area contributed by atoms with Gasteiger partial charge in [0.25, 0.3) is 0 Å². The first-order valence-corrected chi connectivity index (χ1v) is 1.84. The van der Waals surface area contributed by atoms with Crippen LogP contribution in [0.4, 0.5) is 0 Å². The topological polar surface area (TPSA) is 63.2 Å². The zero-order valence-corrected chi connectivity index (χ0v) is 9.31. The molecule has 0 amide bonds. The standard InChI is InChI=1S/Ca.O3Si.Zn/c;1-4(2)3;/q+2;-2;+2. The summed E-state index contributed by atoms with van der Waals surface area (Å²) >= 11 is 0. The molecule has 0 radical (unpaired) electrons. The van der Waals surface area contributed by atoms with E-state index in [4.69, 9.17) is 14.1 Å². The Hall–Kier alpha value is 1.50. The van der Waals surface area contributed by atoms with Crippen molar-refractivity contribution in [2.75, 3.05) is 0 Å². The van der Waals surface area contributed by atoms with Gasteiger partial charge >= 0.3 is 57.2 Å². The smallest absolute Gasteiger partial charge is 0.672 e. The van der Waals surface area contributed by atoms with Crippen molar-refractivity contribution in [2.24, 2.45) is 0 Å². The summed E-state index contributed by atoms with van der Waals surface area (Å²) in [5.41, 5.74) is 0. The van der Waals surface area contributed by atoms with Gasteiger partial charge in [0.2, 0.25) is 0 Å². The Morgan fingerprint density at radius 1 is 1.33 bits per heavy atom. The van der Waals surface area contributed by atoms with Crippen LogP contribution in [-0.2, 0) is 23.9 Å². The van der Waals surface area contributed by atoms with E-state index in [1.165, 1.54) is 0 Å². The van der Waals surface area contributed by atoms with Crippen molar-refractivity contribution in [3.05, 3.63) is 0 Å². The van der Waals surface area contributed by atoms with Gasteiger partial charge in [-0.3, -0.25) is 0 Å². The molecule has 0 aliphatic carbocycles. The first kappa shape index (κ1) is 15.6. The van der Waals surface area contributed by atoms with Crippen LogP contribution in [-0.4, -0.2) is 46.9 Å². The molecule has 0 N–H and O–H groups in total. The average molecular weight is 182 g/mol. The average Bonchev–Trinajstić information content (AvgIpc) is 0.811. The molecule has 0 aromatic rings. The third kappa shape index (κ3) is 49.5. The van der Waals surface area contributed by atoms with Gasteiger partial charge in [-0.15, -0.1) is 0 Å². The Labute approximate surface area is 79.4 Å². The van der Waals surface area contributed by atoms with Gasteiger partial charge in [-0.25, -0.2) is 0 Å². The predicted molar refractivity (Wildman–Crippen MR) is 12.2 cm³/mol. The predicted octanol–water partition coefficient (Wildman–Crippen LogP) is -3.26. The normalized spacial score (nSPS) is 4.00. The first-order chi connectivity index (χ1) is 1.73. The zero-order valence-electron chi connectivity index (χ0n) is 3.14. The van der Waals surface area contributed by atoms with E-state index in [0.29, 0.717) is 0 Å². The molecule has 0 saturated heterocycles. The second kappa shape index (κ2) is 9.71. The van der Waals surface area contributed by atoms with Gasteiger partial charge in [-0.05, 0) is 0 Å². The molecule has 6 heavy (non-hydrogen) atoms. The molecule has 0 atom stereocenters. The van der Waals surface area contributed by atoms with Crippen molar-refractivity contribution in [3.8, 4) is 0 Å². The molecule has 3 nitrogen and oxygen atoms in total. The largest absolute Gasteiger partial charge is 2.00 e. The van der Waals surface area contributed by atoms with Crippen LogP contribution in [0.1, 0.15) is 0 Å². The number of hydrogen-bond donors (Lipinski definition) is 0. The van der Waals surface area contributed by atoms with Crippen molar-refractivity contribution >= 4 is 46.9 Å². The molecule has 0 spiro atoms. The van der Waals surface area contributed by atoms with Crippen LogP contribution in [0, 0.1) is 0 Å². The molecule has 0 bridgehead atoms. The summed E-state index contributed by atoms with van der Waals surface area (Å²) in [5, 5.41) is 0. The van der Waals surface area contributed by atoms with E-state index >= 15 is 0 Å². The van der Waals surface area contributed by atoms with E-state index in [9.17, 15) is 0 Å². The molecule has 24 valence electrons. The van der Waals surface area contributed by atoms with Gasteiger partial charge in [-0.2, -0.15) is 0 Å². The van der Waals surface area contributed by atoms with Gasteiger partial charge in [0.05, 0.1) is 0 Å². The van der Waals surface area contributed by atoms with Crippen molar-refractivity contribution in [2.45, 2.75) is 0 Å². The third-order valence-corrected chi connectivity index (χ3v) is 0. The second-order valence-electron chi connectivity index (χ2n) is 0.250. The SMILES string of the molecule is O=[Si]([O-])[O-].[Ca+2].[Zn+2]. The van der Waals surface area contributed by atoms with Crippen LogP contribution < -0.4 is 9.59 Å². The number of rotatable bonds is 0. The Morgan fingerprint density at radius 2 is 1.33 bits per heavy atom. The maximum absolute atomic E-state index is 8.52. The Kier molecular flexibility index (Phi) is 25.3. The molecule has 6 heteroatoms. The van der Waals surface area contributed by atoms with Crippen molar-refractivity contribution < 1.29 is 33.5 Å². The summed E-state index contributed by atoms with van der Waals surface area (Å²) in [6.45, 7) is 0. The van der Waals surface area contributed by atoms with E-state index in [0.717, 1.165) is 0 Å². The van der Waals surface area contributed by atoms with Crippen LogP contribution in [0.5, 0.6) is 0 Å². The summed E-state index contributed by atoms with van der Waals surface area (Å²) in [7, 11) is -3.63. The monoisotopic (exact) mass is 180 g/mol. The second-order valence-corrected chi connectivity index (χ2v) is 0.750. The molecule has 0 aromatic heterocycles. The van der Waals surface area contributed by atoms with Crippen LogP contribution in [0.15, 0.2) is 0 Å². The fourth-order valence-corrected chi connectivity index (χ4v) is 0. The van der Waals surface area contributed by atoms with Crippen LogP contribution in [0.3, 0.4) is 0 Å². The van der Waals surface area contributed by atoms with Gasteiger partial charge in [-0.1, -0.05) is 0 Å². The minimum absolute atomic E-state index is 0. The van der Waals surface area contributed by atoms with Crippen molar-refractivity contribution in [1.82, 2.24) is 0 Å². The minimum atomic E-state index is -3.63. The first-order valence-electron chi connectivity index (χ1n) is 0.612. The molecule has 0 fully saturated rings. The molecule has 0 aromatic carbocycles. The minimum Gasteiger partial charge on any atom is -0.672 e. The van der Waals surface area contributed by atoms with E-state index < -0.39 is 9.17 Å². The fraction of sp³-hybridized carbons (Fsp3) is 0. The van der Waals surface area contributed by atoms with Crippen LogP contribution >= 0.6 is 0 Å². The summed E-state index contributed by atoms with van der Waals surface area (Å²) in [6, 6.07) is 0. The fourth-order valence-electron chi connectivity index (χ4n) is 0. The van der Waals surface area contributed by atoms with E-state index in [1.54, 1.807) is 0 Å². The van der Waals surface area contributed by atoms with Gasteiger partial charge in [0.1, 0.15) is 0 Å². The quantitative estimate of drug-likeness (QED) is 0.369. The maximum atomic E-state index is 8.52. The molecule has 0 unspecified atom stereocenters. The Balaban J connectivity index is -0.0000000450. The van der Waals surface area contributed by atoms with E-state index in [2.05, 4.69) is 0 Å². The molecular weight excluding hydrogens is 182 g/mol. The van der Waals surface area contributed by atoms with Gasteiger partial charge < -0.3 is 14.1 Å². The van der Waals surface area contributed by atoms with E-state index in [-0.39, 0.29) is 57.2 Å².